The molecule has 0 aromatic heterocycles. The van der Waals surface area contributed by atoms with Gasteiger partial charge in [-0.25, -0.2) is 0 Å². The van der Waals surface area contributed by atoms with Crippen LogP contribution in [0, 0.1) is 11.8 Å². The molecule has 1 aliphatic carbocycles. The molecule has 0 aromatic carbocycles. The number of hydrogen-bond donors (Lipinski definition) is 1. The molecule has 1 saturated carbocycles. The molecule has 11 heavy (non-hydrogen) atoms. The zero-order chi connectivity index (χ0) is 7.84. The Hall–Kier alpha value is -0.0800. The summed E-state index contributed by atoms with van der Waals surface area (Å²) in [5.74, 6) is 1.88. The molecular weight excluding hydrogens is 136 g/mol. The van der Waals surface area contributed by atoms with Crippen molar-refractivity contribution in [3.63, 3.8) is 0 Å². The van der Waals surface area contributed by atoms with Gasteiger partial charge in [0.25, 0.3) is 0 Å². The molecule has 0 amide bonds. The monoisotopic (exact) mass is 154 g/mol. The van der Waals surface area contributed by atoms with E-state index < -0.39 is 0 Å². The number of likely N-dealkylation sites (tertiary alicyclic amines) is 1. The fourth-order valence-electron chi connectivity index (χ4n) is 2.71. The van der Waals surface area contributed by atoms with Gasteiger partial charge in [-0.05, 0) is 44.7 Å². The van der Waals surface area contributed by atoms with Gasteiger partial charge in [0.2, 0.25) is 0 Å². The second-order valence-electron chi connectivity index (χ2n) is 4.30. The maximum absolute atomic E-state index is 5.92. The molecule has 2 aliphatic rings. The van der Waals surface area contributed by atoms with Crippen LogP contribution in [0.25, 0.3) is 0 Å². The third-order valence-electron chi connectivity index (χ3n) is 3.31. The summed E-state index contributed by atoms with van der Waals surface area (Å²) in [4.78, 5) is 2.44. The molecule has 1 aliphatic heterocycles. The Kier molecular flexibility index (Phi) is 1.90. The van der Waals surface area contributed by atoms with Crippen molar-refractivity contribution >= 4 is 0 Å². The van der Waals surface area contributed by atoms with Gasteiger partial charge in [-0.2, -0.15) is 0 Å². The number of nitrogens with zero attached hydrogens (tertiary/aromatic N) is 1. The maximum Gasteiger partial charge on any atom is 0.00448 e. The molecule has 2 rings (SSSR count). The van der Waals surface area contributed by atoms with Gasteiger partial charge < -0.3 is 10.6 Å². The summed E-state index contributed by atoms with van der Waals surface area (Å²) in [6, 6.07) is 0.511. The molecule has 2 heteroatoms. The third-order valence-corrected chi connectivity index (χ3v) is 3.31. The Bertz CT molecular complexity index is 146. The molecule has 3 atom stereocenters. The highest BCUT2D eigenvalue weighted by Gasteiger charge is 2.35. The van der Waals surface area contributed by atoms with Crippen molar-refractivity contribution in [3.8, 4) is 0 Å². The van der Waals surface area contributed by atoms with E-state index in [1.54, 1.807) is 0 Å². The SMILES string of the molecule is CN1CCC2C[C@@H](N)C[C@H]2C1. The van der Waals surface area contributed by atoms with E-state index >= 15 is 0 Å². The van der Waals surface area contributed by atoms with Crippen molar-refractivity contribution in [3.05, 3.63) is 0 Å². The third kappa shape index (κ3) is 1.42. The molecular formula is C9H18N2. The molecule has 2 N–H and O–H groups in total. The molecule has 1 unspecified atom stereocenters. The van der Waals surface area contributed by atoms with Gasteiger partial charge in [-0.1, -0.05) is 0 Å². The summed E-state index contributed by atoms with van der Waals surface area (Å²) in [7, 11) is 2.22. The number of fused-ring (bicyclic) bond motifs is 1. The van der Waals surface area contributed by atoms with Crippen LogP contribution in [0.3, 0.4) is 0 Å². The lowest BCUT2D eigenvalue weighted by atomic mass is 9.89. The Morgan fingerprint density at radius 1 is 1.27 bits per heavy atom. The predicted octanol–water partition coefficient (Wildman–Crippen LogP) is 0.675. The van der Waals surface area contributed by atoms with E-state index in [1.807, 2.05) is 0 Å². The van der Waals surface area contributed by atoms with Gasteiger partial charge in [-0.3, -0.25) is 0 Å². The van der Waals surface area contributed by atoms with Crippen LogP contribution in [-0.2, 0) is 0 Å². The first-order valence-electron chi connectivity index (χ1n) is 4.70. The van der Waals surface area contributed by atoms with Crippen LogP contribution in [0.2, 0.25) is 0 Å². The van der Waals surface area contributed by atoms with Crippen LogP contribution in [0.15, 0.2) is 0 Å². The summed E-state index contributed by atoms with van der Waals surface area (Å²) in [5.41, 5.74) is 5.92. The number of rotatable bonds is 0. The van der Waals surface area contributed by atoms with Gasteiger partial charge in [0, 0.05) is 12.6 Å². The van der Waals surface area contributed by atoms with Crippen LogP contribution in [0.1, 0.15) is 19.3 Å². The Labute approximate surface area is 68.7 Å². The molecule has 64 valence electrons. The van der Waals surface area contributed by atoms with Crippen molar-refractivity contribution in [2.45, 2.75) is 25.3 Å². The fraction of sp³-hybridized carbons (Fsp3) is 1.00. The Morgan fingerprint density at radius 3 is 2.82 bits per heavy atom. The minimum absolute atomic E-state index is 0.511. The van der Waals surface area contributed by atoms with Gasteiger partial charge in [-0.15, -0.1) is 0 Å². The lowest BCUT2D eigenvalue weighted by Gasteiger charge is -2.32. The summed E-state index contributed by atoms with van der Waals surface area (Å²) in [6.45, 7) is 2.58. The zero-order valence-corrected chi connectivity index (χ0v) is 7.29. The van der Waals surface area contributed by atoms with E-state index in [0.29, 0.717) is 6.04 Å². The highest BCUT2D eigenvalue weighted by molar-refractivity contribution is 4.89. The standard InChI is InChI=1S/C9H18N2/c1-11-3-2-7-4-9(10)5-8(7)6-11/h7-9H,2-6,10H2,1H3/t7?,8-,9+/m0/s1. The molecule has 0 bridgehead atoms. The predicted molar refractivity (Wildman–Crippen MR) is 46.3 cm³/mol. The van der Waals surface area contributed by atoms with E-state index in [4.69, 9.17) is 5.73 Å². The molecule has 1 saturated heterocycles. The van der Waals surface area contributed by atoms with E-state index in [9.17, 15) is 0 Å². The second-order valence-corrected chi connectivity index (χ2v) is 4.30. The topological polar surface area (TPSA) is 29.3 Å². The molecule has 2 nitrogen and oxygen atoms in total. The van der Waals surface area contributed by atoms with Crippen molar-refractivity contribution in [2.24, 2.45) is 17.6 Å². The van der Waals surface area contributed by atoms with Crippen LogP contribution < -0.4 is 5.73 Å². The van der Waals surface area contributed by atoms with Crippen molar-refractivity contribution in [2.75, 3.05) is 20.1 Å². The number of piperidine rings is 1. The van der Waals surface area contributed by atoms with Crippen LogP contribution in [0.4, 0.5) is 0 Å². The normalized spacial score (nSPS) is 45.8. The molecule has 2 fully saturated rings. The van der Waals surface area contributed by atoms with Gasteiger partial charge in [0.05, 0.1) is 0 Å². The lowest BCUT2D eigenvalue weighted by Crippen LogP contribution is -2.35. The van der Waals surface area contributed by atoms with E-state index in [2.05, 4.69) is 11.9 Å². The van der Waals surface area contributed by atoms with Gasteiger partial charge in [0.1, 0.15) is 0 Å². The highest BCUT2D eigenvalue weighted by atomic mass is 15.1. The average molecular weight is 154 g/mol. The van der Waals surface area contributed by atoms with E-state index in [0.717, 1.165) is 11.8 Å². The van der Waals surface area contributed by atoms with E-state index in [1.165, 1.54) is 32.4 Å². The molecule has 0 aromatic rings. The van der Waals surface area contributed by atoms with Crippen molar-refractivity contribution < 1.29 is 0 Å². The molecule has 0 spiro atoms. The summed E-state index contributed by atoms with van der Waals surface area (Å²) < 4.78 is 0. The van der Waals surface area contributed by atoms with Crippen LogP contribution in [0.5, 0.6) is 0 Å². The minimum Gasteiger partial charge on any atom is -0.328 e. The Morgan fingerprint density at radius 2 is 2.00 bits per heavy atom. The number of hydrogen-bond acceptors (Lipinski definition) is 2. The average Bonchev–Trinajstić information content (AvgIpc) is 2.27. The molecule has 0 radical (unpaired) electrons. The quantitative estimate of drug-likeness (QED) is 0.556. The molecule has 1 heterocycles. The first kappa shape index (κ1) is 7.56. The van der Waals surface area contributed by atoms with Crippen molar-refractivity contribution in [1.29, 1.82) is 0 Å². The zero-order valence-electron chi connectivity index (χ0n) is 7.29. The lowest BCUT2D eigenvalue weighted by molar-refractivity contribution is 0.166. The fourth-order valence-corrected chi connectivity index (χ4v) is 2.71. The minimum atomic E-state index is 0.511. The summed E-state index contributed by atoms with van der Waals surface area (Å²) in [5, 5.41) is 0. The summed E-state index contributed by atoms with van der Waals surface area (Å²) >= 11 is 0. The first-order chi connectivity index (χ1) is 5.25. The second kappa shape index (κ2) is 2.76. The van der Waals surface area contributed by atoms with Gasteiger partial charge in [0.15, 0.2) is 0 Å². The van der Waals surface area contributed by atoms with E-state index in [-0.39, 0.29) is 0 Å². The largest absolute Gasteiger partial charge is 0.328 e. The summed E-state index contributed by atoms with van der Waals surface area (Å²) in [6.07, 6.45) is 3.95. The smallest absolute Gasteiger partial charge is 0.00448 e. The van der Waals surface area contributed by atoms with Crippen LogP contribution >= 0.6 is 0 Å². The maximum atomic E-state index is 5.92. The number of nitrogens with two attached hydrogens (primary N) is 1. The first-order valence-corrected chi connectivity index (χ1v) is 4.70. The van der Waals surface area contributed by atoms with Crippen molar-refractivity contribution in [1.82, 2.24) is 4.90 Å². The van der Waals surface area contributed by atoms with Crippen LogP contribution in [-0.4, -0.2) is 31.1 Å². The highest BCUT2D eigenvalue weighted by Crippen LogP contribution is 2.36. The van der Waals surface area contributed by atoms with Gasteiger partial charge >= 0.3 is 0 Å². The Balaban J connectivity index is 1.97.